The highest BCUT2D eigenvalue weighted by Crippen LogP contribution is 2.22. The Morgan fingerprint density at radius 3 is 2.24 bits per heavy atom. The van der Waals surface area contributed by atoms with Gasteiger partial charge in [0.25, 0.3) is 0 Å². The van der Waals surface area contributed by atoms with E-state index < -0.39 is 5.41 Å². The second-order valence-corrected chi connectivity index (χ2v) is 5.84. The molecule has 6 nitrogen and oxygen atoms in total. The molecule has 0 atom stereocenters. The average molecular weight is 293 g/mol. The second-order valence-electron chi connectivity index (χ2n) is 5.84. The van der Waals surface area contributed by atoms with Gasteiger partial charge in [0.2, 0.25) is 5.91 Å². The van der Waals surface area contributed by atoms with E-state index in [2.05, 4.69) is 32.8 Å². The molecule has 0 aliphatic heterocycles. The molecular weight excluding hydrogens is 266 g/mol. The zero-order valence-corrected chi connectivity index (χ0v) is 13.9. The van der Waals surface area contributed by atoms with Crippen molar-refractivity contribution in [3.63, 3.8) is 0 Å². The largest absolute Gasteiger partial charge is 0.370 e. The highest BCUT2D eigenvalue weighted by molar-refractivity contribution is 5.82. The van der Waals surface area contributed by atoms with Crippen molar-refractivity contribution < 1.29 is 4.79 Å². The van der Waals surface area contributed by atoms with E-state index >= 15 is 0 Å². The smallest absolute Gasteiger partial charge is 0.227 e. The lowest BCUT2D eigenvalue weighted by atomic mass is 9.92. The molecule has 1 aromatic rings. The number of aromatic nitrogens is 2. The molecule has 21 heavy (non-hydrogen) atoms. The van der Waals surface area contributed by atoms with Crippen LogP contribution in [0, 0.1) is 19.3 Å². The first-order valence-electron chi connectivity index (χ1n) is 7.37. The SMILES string of the molecule is CCCNc1nc(C)nc(NCC(C)(C)C(=O)NC)c1C. The summed E-state index contributed by atoms with van der Waals surface area (Å²) >= 11 is 0. The number of rotatable bonds is 7. The Morgan fingerprint density at radius 2 is 1.71 bits per heavy atom. The van der Waals surface area contributed by atoms with Crippen molar-refractivity contribution in [2.45, 2.75) is 41.0 Å². The van der Waals surface area contributed by atoms with Crippen LogP contribution in [-0.2, 0) is 4.79 Å². The molecule has 0 radical (unpaired) electrons. The van der Waals surface area contributed by atoms with Gasteiger partial charge in [0.1, 0.15) is 17.5 Å². The number of carbonyl (C=O) groups excluding carboxylic acids is 1. The molecule has 3 N–H and O–H groups in total. The quantitative estimate of drug-likeness (QED) is 0.717. The van der Waals surface area contributed by atoms with Crippen molar-refractivity contribution in [1.29, 1.82) is 0 Å². The maximum atomic E-state index is 11.8. The van der Waals surface area contributed by atoms with Crippen LogP contribution in [0.15, 0.2) is 0 Å². The first-order chi connectivity index (χ1) is 9.81. The van der Waals surface area contributed by atoms with Gasteiger partial charge < -0.3 is 16.0 Å². The van der Waals surface area contributed by atoms with Crippen LogP contribution in [-0.4, -0.2) is 36.0 Å². The van der Waals surface area contributed by atoms with E-state index in [1.807, 2.05) is 27.7 Å². The van der Waals surface area contributed by atoms with Gasteiger partial charge in [0, 0.05) is 25.7 Å². The fraction of sp³-hybridized carbons (Fsp3) is 0.667. The predicted octanol–water partition coefficient (Wildman–Crippen LogP) is 2.10. The molecule has 6 heteroatoms. The molecule has 0 unspecified atom stereocenters. The van der Waals surface area contributed by atoms with Crippen molar-refractivity contribution >= 4 is 17.5 Å². The van der Waals surface area contributed by atoms with E-state index in [4.69, 9.17) is 0 Å². The number of aryl methyl sites for hydroxylation is 1. The Kier molecular flexibility index (Phi) is 5.93. The standard InChI is InChI=1S/C15H27N5O/c1-7-8-17-12-10(2)13(20-11(3)19-12)18-9-15(4,5)14(21)16-6/h7-9H2,1-6H3,(H,16,21)(H2,17,18,19,20). The number of anilines is 2. The summed E-state index contributed by atoms with van der Waals surface area (Å²) in [4.78, 5) is 20.7. The number of amides is 1. The molecule has 118 valence electrons. The molecule has 0 spiro atoms. The Morgan fingerprint density at radius 1 is 1.14 bits per heavy atom. The van der Waals surface area contributed by atoms with Gasteiger partial charge in [-0.2, -0.15) is 0 Å². The van der Waals surface area contributed by atoms with Gasteiger partial charge >= 0.3 is 0 Å². The minimum Gasteiger partial charge on any atom is -0.370 e. The fourth-order valence-electron chi connectivity index (χ4n) is 1.94. The summed E-state index contributed by atoms with van der Waals surface area (Å²) < 4.78 is 0. The summed E-state index contributed by atoms with van der Waals surface area (Å²) in [6.07, 6.45) is 1.04. The maximum Gasteiger partial charge on any atom is 0.227 e. The molecule has 0 saturated carbocycles. The fourth-order valence-corrected chi connectivity index (χ4v) is 1.94. The third kappa shape index (κ3) is 4.58. The van der Waals surface area contributed by atoms with Gasteiger partial charge in [0.05, 0.1) is 5.41 Å². The lowest BCUT2D eigenvalue weighted by Gasteiger charge is -2.24. The Hall–Kier alpha value is -1.85. The predicted molar refractivity (Wildman–Crippen MR) is 86.6 cm³/mol. The number of hydrogen-bond donors (Lipinski definition) is 3. The van der Waals surface area contributed by atoms with Crippen molar-refractivity contribution in [3.8, 4) is 0 Å². The molecule has 0 saturated heterocycles. The summed E-state index contributed by atoms with van der Waals surface area (Å²) in [5.41, 5.74) is 0.471. The number of carbonyl (C=O) groups is 1. The molecule has 0 aliphatic carbocycles. The molecule has 0 aliphatic rings. The third-order valence-corrected chi connectivity index (χ3v) is 3.34. The molecule has 0 fully saturated rings. The molecule has 1 amide bonds. The minimum absolute atomic E-state index is 0.00256. The molecule has 0 aromatic carbocycles. The van der Waals surface area contributed by atoms with Gasteiger partial charge in [-0.05, 0) is 34.1 Å². The monoisotopic (exact) mass is 293 g/mol. The third-order valence-electron chi connectivity index (χ3n) is 3.34. The van der Waals surface area contributed by atoms with Gasteiger partial charge in [-0.15, -0.1) is 0 Å². The van der Waals surface area contributed by atoms with E-state index in [9.17, 15) is 4.79 Å². The van der Waals surface area contributed by atoms with E-state index in [-0.39, 0.29) is 5.91 Å². The van der Waals surface area contributed by atoms with Crippen molar-refractivity contribution in [2.24, 2.45) is 5.41 Å². The first-order valence-corrected chi connectivity index (χ1v) is 7.37. The zero-order valence-electron chi connectivity index (χ0n) is 13.9. The Balaban J connectivity index is 2.88. The number of nitrogens with zero attached hydrogens (tertiary/aromatic N) is 2. The van der Waals surface area contributed by atoms with E-state index in [1.165, 1.54) is 0 Å². The van der Waals surface area contributed by atoms with Gasteiger partial charge in [-0.3, -0.25) is 4.79 Å². The highest BCUT2D eigenvalue weighted by atomic mass is 16.2. The summed E-state index contributed by atoms with van der Waals surface area (Å²) in [6, 6.07) is 0. The maximum absolute atomic E-state index is 11.8. The van der Waals surface area contributed by atoms with Crippen LogP contribution in [0.2, 0.25) is 0 Å². The van der Waals surface area contributed by atoms with Crippen molar-refractivity contribution in [1.82, 2.24) is 15.3 Å². The van der Waals surface area contributed by atoms with Gasteiger partial charge in [-0.25, -0.2) is 9.97 Å². The molecule has 1 heterocycles. The summed E-state index contributed by atoms with van der Waals surface area (Å²) in [5.74, 6) is 2.34. The Bertz CT molecular complexity index is 499. The van der Waals surface area contributed by atoms with E-state index in [0.717, 1.165) is 30.2 Å². The van der Waals surface area contributed by atoms with Crippen LogP contribution in [0.25, 0.3) is 0 Å². The second kappa shape index (κ2) is 7.24. The minimum atomic E-state index is -0.503. The van der Waals surface area contributed by atoms with Crippen molar-refractivity contribution in [2.75, 3.05) is 30.8 Å². The van der Waals surface area contributed by atoms with Gasteiger partial charge in [-0.1, -0.05) is 6.92 Å². The van der Waals surface area contributed by atoms with Gasteiger partial charge in [0.15, 0.2) is 0 Å². The van der Waals surface area contributed by atoms with Crippen LogP contribution >= 0.6 is 0 Å². The molecule has 1 rings (SSSR count). The number of nitrogens with one attached hydrogen (secondary N) is 3. The highest BCUT2D eigenvalue weighted by Gasteiger charge is 2.26. The summed E-state index contributed by atoms with van der Waals surface area (Å²) in [6.45, 7) is 11.1. The summed E-state index contributed by atoms with van der Waals surface area (Å²) in [5, 5.41) is 9.26. The molecule has 1 aromatic heterocycles. The lowest BCUT2D eigenvalue weighted by molar-refractivity contribution is -0.128. The van der Waals surface area contributed by atoms with E-state index in [1.54, 1.807) is 7.05 Å². The lowest BCUT2D eigenvalue weighted by Crippen LogP contribution is -2.39. The first kappa shape index (κ1) is 17.2. The normalized spacial score (nSPS) is 11.1. The Labute approximate surface area is 127 Å². The van der Waals surface area contributed by atoms with Crippen LogP contribution in [0.4, 0.5) is 11.6 Å². The molecular formula is C15H27N5O. The summed E-state index contributed by atoms with van der Waals surface area (Å²) in [7, 11) is 1.65. The van der Waals surface area contributed by atoms with Crippen LogP contribution in [0.5, 0.6) is 0 Å². The van der Waals surface area contributed by atoms with E-state index in [0.29, 0.717) is 12.4 Å². The van der Waals surface area contributed by atoms with Crippen LogP contribution < -0.4 is 16.0 Å². The van der Waals surface area contributed by atoms with Crippen LogP contribution in [0.1, 0.15) is 38.6 Å². The van der Waals surface area contributed by atoms with Crippen LogP contribution in [0.3, 0.4) is 0 Å². The average Bonchev–Trinajstić information content (AvgIpc) is 2.45. The topological polar surface area (TPSA) is 78.9 Å². The zero-order chi connectivity index (χ0) is 16.0. The molecule has 0 bridgehead atoms. The van der Waals surface area contributed by atoms with Crippen molar-refractivity contribution in [3.05, 3.63) is 11.4 Å². The number of hydrogen-bond acceptors (Lipinski definition) is 5.